The lowest BCUT2D eigenvalue weighted by atomic mass is 10.1. The van der Waals surface area contributed by atoms with Crippen LogP contribution in [0.5, 0.6) is 5.75 Å². The number of hydrogen-bond donors (Lipinski definition) is 1. The number of aryl methyl sites for hydroxylation is 3. The molecule has 5 heteroatoms. The molecule has 0 amide bonds. The second-order valence-electron chi connectivity index (χ2n) is 4.65. The molecule has 1 aromatic heterocycles. The fourth-order valence-corrected chi connectivity index (χ4v) is 2.11. The highest BCUT2D eigenvalue weighted by atomic mass is 16.5. The van der Waals surface area contributed by atoms with Crippen molar-refractivity contribution in [3.63, 3.8) is 0 Å². The summed E-state index contributed by atoms with van der Waals surface area (Å²) in [5, 5.41) is 14.6. The molecule has 5 nitrogen and oxygen atoms in total. The van der Waals surface area contributed by atoms with Crippen molar-refractivity contribution in [2.24, 2.45) is 0 Å². The summed E-state index contributed by atoms with van der Waals surface area (Å²) < 4.78 is 7.00. The van der Waals surface area contributed by atoms with Gasteiger partial charge in [0.05, 0.1) is 13.7 Å². The normalized spacial score (nSPS) is 12.5. The highest BCUT2D eigenvalue weighted by Crippen LogP contribution is 2.27. The van der Waals surface area contributed by atoms with Gasteiger partial charge < -0.3 is 9.84 Å². The van der Waals surface area contributed by atoms with Gasteiger partial charge in [0.1, 0.15) is 23.5 Å². The summed E-state index contributed by atoms with van der Waals surface area (Å²) in [5.41, 5.74) is 1.86. The van der Waals surface area contributed by atoms with Gasteiger partial charge in [0.25, 0.3) is 0 Å². The minimum atomic E-state index is -0.672. The van der Waals surface area contributed by atoms with Gasteiger partial charge in [0, 0.05) is 5.56 Å². The van der Waals surface area contributed by atoms with Gasteiger partial charge >= 0.3 is 0 Å². The average molecular weight is 261 g/mol. The fourth-order valence-electron chi connectivity index (χ4n) is 2.11. The van der Waals surface area contributed by atoms with Crippen molar-refractivity contribution in [3.8, 4) is 5.75 Å². The van der Waals surface area contributed by atoms with Crippen molar-refractivity contribution >= 4 is 0 Å². The summed E-state index contributed by atoms with van der Waals surface area (Å²) in [5.74, 6) is 2.19. The molecule has 1 atom stereocenters. The fraction of sp³-hybridized carbons (Fsp3) is 0.429. The molecule has 0 aliphatic carbocycles. The highest BCUT2D eigenvalue weighted by Gasteiger charge is 2.16. The van der Waals surface area contributed by atoms with E-state index >= 15 is 0 Å². The maximum absolute atomic E-state index is 10.4. The van der Waals surface area contributed by atoms with E-state index in [1.165, 1.54) is 0 Å². The first-order valence-electron chi connectivity index (χ1n) is 6.22. The first kappa shape index (κ1) is 13.5. The van der Waals surface area contributed by atoms with Gasteiger partial charge in [0.15, 0.2) is 0 Å². The lowest BCUT2D eigenvalue weighted by molar-refractivity contribution is 0.146. The molecular formula is C14H19N3O2. The maximum atomic E-state index is 10.4. The van der Waals surface area contributed by atoms with Gasteiger partial charge in [-0.1, -0.05) is 11.6 Å². The zero-order valence-corrected chi connectivity index (χ0v) is 11.7. The second kappa shape index (κ2) is 5.40. The van der Waals surface area contributed by atoms with Crippen LogP contribution in [0.4, 0.5) is 0 Å². The minimum absolute atomic E-state index is 0.368. The summed E-state index contributed by atoms with van der Waals surface area (Å²) in [6.45, 7) is 6.07. The lowest BCUT2D eigenvalue weighted by Crippen LogP contribution is -2.12. The molecule has 1 unspecified atom stereocenters. The standard InChI is InChI=1S/C14H19N3O2/c1-9-5-6-14(19-4)12(7-9)13(18)8-17-11(3)15-10(2)16-17/h5-7,13,18H,8H2,1-4H3. The Balaban J connectivity index is 2.26. The molecule has 0 aliphatic rings. The summed E-state index contributed by atoms with van der Waals surface area (Å²) >= 11 is 0. The van der Waals surface area contributed by atoms with E-state index in [0.717, 1.165) is 17.0 Å². The molecule has 0 radical (unpaired) electrons. The van der Waals surface area contributed by atoms with Crippen molar-refractivity contribution in [2.75, 3.05) is 7.11 Å². The zero-order chi connectivity index (χ0) is 14.0. The average Bonchev–Trinajstić information content (AvgIpc) is 2.67. The number of aliphatic hydroxyl groups is 1. The van der Waals surface area contributed by atoms with Crippen molar-refractivity contribution in [1.82, 2.24) is 14.8 Å². The summed E-state index contributed by atoms with van der Waals surface area (Å²) in [7, 11) is 1.60. The van der Waals surface area contributed by atoms with Crippen molar-refractivity contribution in [3.05, 3.63) is 41.0 Å². The Kier molecular flexibility index (Phi) is 3.85. The smallest absolute Gasteiger partial charge is 0.147 e. The van der Waals surface area contributed by atoms with E-state index < -0.39 is 6.10 Å². The molecule has 102 valence electrons. The Morgan fingerprint density at radius 3 is 2.63 bits per heavy atom. The van der Waals surface area contributed by atoms with E-state index in [-0.39, 0.29) is 0 Å². The number of aromatic nitrogens is 3. The van der Waals surface area contributed by atoms with Crippen LogP contribution < -0.4 is 4.74 Å². The number of benzene rings is 1. The first-order chi connectivity index (χ1) is 9.01. The van der Waals surface area contributed by atoms with Crippen LogP contribution in [-0.2, 0) is 6.54 Å². The van der Waals surface area contributed by atoms with E-state index in [4.69, 9.17) is 4.74 Å². The predicted molar refractivity (Wildman–Crippen MR) is 72.2 cm³/mol. The molecule has 2 aromatic rings. The molecule has 1 aromatic carbocycles. The lowest BCUT2D eigenvalue weighted by Gasteiger charge is -2.16. The van der Waals surface area contributed by atoms with Crippen LogP contribution in [0.2, 0.25) is 0 Å². The quantitative estimate of drug-likeness (QED) is 0.913. The molecule has 1 N–H and O–H groups in total. The van der Waals surface area contributed by atoms with Gasteiger partial charge in [0.2, 0.25) is 0 Å². The van der Waals surface area contributed by atoms with Crippen LogP contribution in [0.25, 0.3) is 0 Å². The van der Waals surface area contributed by atoms with Gasteiger partial charge in [-0.05, 0) is 32.9 Å². The van der Waals surface area contributed by atoms with Crippen LogP contribution in [0.3, 0.4) is 0 Å². The van der Waals surface area contributed by atoms with Gasteiger partial charge in [-0.25, -0.2) is 9.67 Å². The van der Waals surface area contributed by atoms with E-state index in [9.17, 15) is 5.11 Å². The predicted octanol–water partition coefficient (Wildman–Crippen LogP) is 1.95. The van der Waals surface area contributed by atoms with Gasteiger partial charge in [-0.2, -0.15) is 5.10 Å². The molecule has 0 bridgehead atoms. The monoisotopic (exact) mass is 261 g/mol. The van der Waals surface area contributed by atoms with Crippen LogP contribution in [0, 0.1) is 20.8 Å². The van der Waals surface area contributed by atoms with Crippen molar-refractivity contribution < 1.29 is 9.84 Å². The Hall–Kier alpha value is -1.88. The molecule has 19 heavy (non-hydrogen) atoms. The molecule has 0 aliphatic heterocycles. The third kappa shape index (κ3) is 2.93. The van der Waals surface area contributed by atoms with Crippen molar-refractivity contribution in [1.29, 1.82) is 0 Å². The topological polar surface area (TPSA) is 60.2 Å². The molecule has 0 saturated carbocycles. The number of methoxy groups -OCH3 is 1. The number of rotatable bonds is 4. The highest BCUT2D eigenvalue weighted by molar-refractivity contribution is 5.38. The van der Waals surface area contributed by atoms with Crippen LogP contribution in [-0.4, -0.2) is 27.0 Å². The minimum Gasteiger partial charge on any atom is -0.496 e. The molecule has 0 fully saturated rings. The zero-order valence-electron chi connectivity index (χ0n) is 11.7. The third-order valence-electron chi connectivity index (χ3n) is 3.05. The molecular weight excluding hydrogens is 242 g/mol. The third-order valence-corrected chi connectivity index (χ3v) is 3.05. The van der Waals surface area contributed by atoms with Gasteiger partial charge in [-0.3, -0.25) is 0 Å². The molecule has 1 heterocycles. The van der Waals surface area contributed by atoms with E-state index in [2.05, 4.69) is 10.1 Å². The summed E-state index contributed by atoms with van der Waals surface area (Å²) in [6.07, 6.45) is -0.672. The number of aliphatic hydroxyl groups excluding tert-OH is 1. The first-order valence-corrected chi connectivity index (χ1v) is 6.22. The van der Waals surface area contributed by atoms with Crippen LogP contribution in [0.1, 0.15) is 28.9 Å². The van der Waals surface area contributed by atoms with Crippen LogP contribution >= 0.6 is 0 Å². The number of ether oxygens (including phenoxy) is 1. The Labute approximate surface area is 112 Å². The van der Waals surface area contributed by atoms with E-state index in [1.54, 1.807) is 11.8 Å². The molecule has 0 spiro atoms. The van der Waals surface area contributed by atoms with E-state index in [0.29, 0.717) is 18.1 Å². The van der Waals surface area contributed by atoms with E-state index in [1.807, 2.05) is 39.0 Å². The molecule has 0 saturated heterocycles. The summed E-state index contributed by atoms with van der Waals surface area (Å²) in [4.78, 5) is 4.23. The Morgan fingerprint density at radius 2 is 2.05 bits per heavy atom. The maximum Gasteiger partial charge on any atom is 0.147 e. The second-order valence-corrected chi connectivity index (χ2v) is 4.65. The number of hydrogen-bond acceptors (Lipinski definition) is 4. The number of nitrogens with zero attached hydrogens (tertiary/aromatic N) is 3. The Bertz CT molecular complexity index is 578. The van der Waals surface area contributed by atoms with Crippen molar-refractivity contribution in [2.45, 2.75) is 33.4 Å². The summed E-state index contributed by atoms with van der Waals surface area (Å²) in [6, 6.07) is 5.76. The Morgan fingerprint density at radius 1 is 1.32 bits per heavy atom. The van der Waals surface area contributed by atoms with Gasteiger partial charge in [-0.15, -0.1) is 0 Å². The SMILES string of the molecule is COc1ccc(C)cc1C(O)Cn1nc(C)nc1C. The largest absolute Gasteiger partial charge is 0.496 e. The van der Waals surface area contributed by atoms with Crippen LogP contribution in [0.15, 0.2) is 18.2 Å². The molecule has 2 rings (SSSR count).